The zero-order valence-corrected chi connectivity index (χ0v) is 12.1. The van der Waals surface area contributed by atoms with Gasteiger partial charge in [-0.3, -0.25) is 4.79 Å². The molecule has 0 aromatic carbocycles. The number of hydrogen-bond acceptors (Lipinski definition) is 2. The van der Waals surface area contributed by atoms with Gasteiger partial charge in [0.2, 0.25) is 0 Å². The van der Waals surface area contributed by atoms with E-state index < -0.39 is 0 Å². The number of thiophene rings is 1. The number of carbonyl (C=O) groups is 1. The summed E-state index contributed by atoms with van der Waals surface area (Å²) in [6.07, 6.45) is 6.56. The molecule has 4 heteroatoms. The molecule has 2 aromatic rings. The summed E-state index contributed by atoms with van der Waals surface area (Å²) in [5.41, 5.74) is 0.722. The zero-order chi connectivity index (χ0) is 13.2. The molecule has 3 nitrogen and oxygen atoms in total. The van der Waals surface area contributed by atoms with Gasteiger partial charge in [0.15, 0.2) is 0 Å². The lowest BCUT2D eigenvalue weighted by Gasteiger charge is -2.26. The molecular formula is C15H20N2OS. The van der Waals surface area contributed by atoms with Gasteiger partial charge in [-0.25, -0.2) is 0 Å². The first-order valence-corrected chi connectivity index (χ1v) is 7.93. The third kappa shape index (κ3) is 2.68. The van der Waals surface area contributed by atoms with Crippen LogP contribution in [0.25, 0.3) is 10.2 Å². The predicted molar refractivity (Wildman–Crippen MR) is 79.7 cm³/mol. The van der Waals surface area contributed by atoms with Crippen LogP contribution in [0.4, 0.5) is 0 Å². The van der Waals surface area contributed by atoms with Crippen LogP contribution in [-0.2, 0) is 0 Å². The van der Waals surface area contributed by atoms with E-state index in [0.717, 1.165) is 22.5 Å². The summed E-state index contributed by atoms with van der Waals surface area (Å²) in [5, 5.41) is 3.18. The maximum atomic E-state index is 12.4. The Kier molecular flexibility index (Phi) is 3.60. The Hall–Kier alpha value is -1.29. The molecule has 1 aliphatic rings. The van der Waals surface area contributed by atoms with Crippen molar-refractivity contribution in [1.82, 2.24) is 9.88 Å². The molecule has 2 aromatic heterocycles. The van der Waals surface area contributed by atoms with Crippen molar-refractivity contribution in [2.45, 2.75) is 32.1 Å². The zero-order valence-electron chi connectivity index (χ0n) is 11.3. The first-order chi connectivity index (χ1) is 9.24. The first kappa shape index (κ1) is 12.7. The molecule has 0 aliphatic heterocycles. The van der Waals surface area contributed by atoms with Crippen LogP contribution in [0.5, 0.6) is 0 Å². The molecule has 0 spiro atoms. The number of nitrogens with zero attached hydrogens (tertiary/aromatic N) is 1. The average Bonchev–Trinajstić information content (AvgIpc) is 2.99. The molecule has 0 radical (unpaired) electrons. The van der Waals surface area contributed by atoms with Crippen molar-refractivity contribution < 1.29 is 4.79 Å². The Morgan fingerprint density at radius 1 is 1.42 bits per heavy atom. The Balaban J connectivity index is 1.66. The number of amides is 1. The largest absolute Gasteiger partial charge is 0.342 e. The topological polar surface area (TPSA) is 36.1 Å². The van der Waals surface area contributed by atoms with E-state index >= 15 is 0 Å². The monoisotopic (exact) mass is 276 g/mol. The Morgan fingerprint density at radius 2 is 2.21 bits per heavy atom. The molecule has 1 N–H and O–H groups in total. The van der Waals surface area contributed by atoms with Gasteiger partial charge in [0.05, 0.1) is 0 Å². The molecule has 0 unspecified atom stereocenters. The summed E-state index contributed by atoms with van der Waals surface area (Å²) < 4.78 is 0. The fraction of sp³-hybridized carbons (Fsp3) is 0.533. The van der Waals surface area contributed by atoms with Crippen LogP contribution < -0.4 is 0 Å². The van der Waals surface area contributed by atoms with E-state index in [0.29, 0.717) is 5.92 Å². The van der Waals surface area contributed by atoms with Gasteiger partial charge in [-0.05, 0) is 36.3 Å². The number of hydrogen-bond donors (Lipinski definition) is 1. The molecule has 0 atom stereocenters. The number of H-pyrrole nitrogens is 1. The third-order valence-corrected chi connectivity index (χ3v) is 4.92. The van der Waals surface area contributed by atoms with Gasteiger partial charge in [-0.2, -0.15) is 0 Å². The molecule has 1 fully saturated rings. The van der Waals surface area contributed by atoms with E-state index in [9.17, 15) is 4.79 Å². The van der Waals surface area contributed by atoms with Crippen molar-refractivity contribution in [2.75, 3.05) is 13.6 Å². The van der Waals surface area contributed by atoms with Gasteiger partial charge < -0.3 is 9.88 Å². The summed E-state index contributed by atoms with van der Waals surface area (Å²) in [4.78, 5) is 18.6. The van der Waals surface area contributed by atoms with Crippen molar-refractivity contribution >= 4 is 27.5 Å². The number of aromatic nitrogens is 1. The summed E-state index contributed by atoms with van der Waals surface area (Å²) >= 11 is 1.65. The van der Waals surface area contributed by atoms with Crippen molar-refractivity contribution in [3.05, 3.63) is 23.2 Å². The lowest BCUT2D eigenvalue weighted by atomic mass is 9.89. The van der Waals surface area contributed by atoms with Crippen molar-refractivity contribution in [3.63, 3.8) is 0 Å². The molecule has 0 saturated heterocycles. The second kappa shape index (κ2) is 5.37. The third-order valence-electron chi connectivity index (χ3n) is 4.08. The van der Waals surface area contributed by atoms with E-state index in [-0.39, 0.29) is 5.91 Å². The van der Waals surface area contributed by atoms with E-state index in [2.05, 4.69) is 11.1 Å². The molecule has 0 bridgehead atoms. The highest BCUT2D eigenvalue weighted by Crippen LogP contribution is 2.25. The van der Waals surface area contributed by atoms with Crippen LogP contribution in [0.2, 0.25) is 0 Å². The highest BCUT2D eigenvalue weighted by atomic mass is 32.1. The Bertz CT molecular complexity index is 537. The fourth-order valence-electron chi connectivity index (χ4n) is 3.01. The van der Waals surface area contributed by atoms with Gasteiger partial charge >= 0.3 is 0 Å². The summed E-state index contributed by atoms with van der Waals surface area (Å²) in [7, 11) is 1.92. The second-order valence-corrected chi connectivity index (χ2v) is 6.49. The minimum Gasteiger partial charge on any atom is -0.342 e. The maximum absolute atomic E-state index is 12.4. The van der Waals surface area contributed by atoms with Crippen molar-refractivity contribution in [1.29, 1.82) is 0 Å². The van der Waals surface area contributed by atoms with Gasteiger partial charge in [-0.15, -0.1) is 11.3 Å². The second-order valence-electron chi connectivity index (χ2n) is 5.58. The minimum absolute atomic E-state index is 0.119. The van der Waals surface area contributed by atoms with Crippen LogP contribution >= 0.6 is 11.3 Å². The summed E-state index contributed by atoms with van der Waals surface area (Å²) in [6, 6.07) is 4.01. The van der Waals surface area contributed by atoms with E-state index in [1.807, 2.05) is 23.4 Å². The predicted octanol–water partition coefficient (Wildman–Crippen LogP) is 3.88. The smallest absolute Gasteiger partial charge is 0.270 e. The number of nitrogens with one attached hydrogen (secondary N) is 1. The normalized spacial score (nSPS) is 16.9. The lowest BCUT2D eigenvalue weighted by Crippen LogP contribution is -2.32. The standard InChI is InChI=1S/C15H20N2OS/c1-17(10-11-5-3-2-4-6-11)15(18)13-9-12-7-8-19-14(12)16-13/h7-9,11,16H,2-6,10H2,1H3. The van der Waals surface area contributed by atoms with Crippen LogP contribution in [0.15, 0.2) is 17.5 Å². The van der Waals surface area contributed by atoms with E-state index in [1.165, 1.54) is 32.1 Å². The van der Waals surface area contributed by atoms with Crippen LogP contribution in [-0.4, -0.2) is 29.4 Å². The number of aromatic amines is 1. The lowest BCUT2D eigenvalue weighted by molar-refractivity contribution is 0.0756. The highest BCUT2D eigenvalue weighted by molar-refractivity contribution is 7.16. The summed E-state index contributed by atoms with van der Waals surface area (Å²) in [6.45, 7) is 0.894. The number of rotatable bonds is 3. The number of fused-ring (bicyclic) bond motifs is 1. The van der Waals surface area contributed by atoms with Gasteiger partial charge in [-0.1, -0.05) is 19.3 Å². The maximum Gasteiger partial charge on any atom is 0.270 e. The number of carbonyl (C=O) groups excluding carboxylic acids is 1. The van der Waals surface area contributed by atoms with Crippen molar-refractivity contribution in [2.24, 2.45) is 5.92 Å². The van der Waals surface area contributed by atoms with Crippen LogP contribution in [0.1, 0.15) is 42.6 Å². The van der Waals surface area contributed by atoms with Crippen LogP contribution in [0.3, 0.4) is 0 Å². The van der Waals surface area contributed by atoms with E-state index in [1.54, 1.807) is 11.3 Å². The van der Waals surface area contributed by atoms with E-state index in [4.69, 9.17) is 0 Å². The quantitative estimate of drug-likeness (QED) is 0.907. The Labute approximate surface area is 117 Å². The Morgan fingerprint density at radius 3 is 2.95 bits per heavy atom. The minimum atomic E-state index is 0.119. The average molecular weight is 276 g/mol. The molecule has 1 aliphatic carbocycles. The van der Waals surface area contributed by atoms with Gasteiger partial charge in [0, 0.05) is 19.0 Å². The summed E-state index contributed by atoms with van der Waals surface area (Å²) in [5.74, 6) is 0.813. The van der Waals surface area contributed by atoms with Gasteiger partial charge in [0.1, 0.15) is 10.5 Å². The first-order valence-electron chi connectivity index (χ1n) is 7.06. The molecule has 102 valence electrons. The molecule has 1 amide bonds. The highest BCUT2D eigenvalue weighted by Gasteiger charge is 2.20. The molecule has 3 rings (SSSR count). The van der Waals surface area contributed by atoms with Crippen molar-refractivity contribution in [3.8, 4) is 0 Å². The molecule has 19 heavy (non-hydrogen) atoms. The fourth-order valence-corrected chi connectivity index (χ4v) is 3.79. The van der Waals surface area contributed by atoms with Gasteiger partial charge in [0.25, 0.3) is 5.91 Å². The molecule has 2 heterocycles. The molecule has 1 saturated carbocycles. The SMILES string of the molecule is CN(CC1CCCCC1)C(=O)c1cc2ccsc2[nH]1. The molecular weight excluding hydrogens is 256 g/mol. The van der Waals surface area contributed by atoms with Crippen LogP contribution in [0, 0.1) is 5.92 Å².